The lowest BCUT2D eigenvalue weighted by atomic mass is 10.1. The third kappa shape index (κ3) is 3.36. The van der Waals surface area contributed by atoms with Gasteiger partial charge in [0.25, 0.3) is 5.91 Å². The van der Waals surface area contributed by atoms with Crippen LogP contribution in [0.2, 0.25) is 0 Å². The van der Waals surface area contributed by atoms with E-state index in [1.165, 1.54) is 18.5 Å². The number of amides is 1. The topological polar surface area (TPSA) is 77.1 Å². The molecule has 0 atom stereocenters. The fraction of sp³-hybridized carbons (Fsp3) is 0.304. The minimum atomic E-state index is -0.141. The van der Waals surface area contributed by atoms with Gasteiger partial charge in [0.05, 0.1) is 11.4 Å². The molecule has 7 nitrogen and oxygen atoms in total. The number of aryl methyl sites for hydroxylation is 3. The second-order valence-electron chi connectivity index (χ2n) is 7.63. The Bertz CT molecular complexity index is 1180. The minimum absolute atomic E-state index is 0.141. The molecule has 4 heterocycles. The lowest BCUT2D eigenvalue weighted by Crippen LogP contribution is -2.25. The quantitative estimate of drug-likeness (QED) is 0.557. The number of imidazole rings is 1. The van der Waals surface area contributed by atoms with Crippen LogP contribution in [0.4, 0.5) is 0 Å². The largest absolute Gasteiger partial charge is 0.347 e. The van der Waals surface area contributed by atoms with E-state index in [9.17, 15) is 4.79 Å². The van der Waals surface area contributed by atoms with Crippen LogP contribution in [-0.4, -0.2) is 30.1 Å². The van der Waals surface area contributed by atoms with Crippen LogP contribution < -0.4 is 5.32 Å². The summed E-state index contributed by atoms with van der Waals surface area (Å²) in [4.78, 5) is 21.6. The van der Waals surface area contributed by atoms with Crippen molar-refractivity contribution in [2.75, 3.05) is 0 Å². The van der Waals surface area contributed by atoms with Gasteiger partial charge < -0.3 is 5.32 Å². The molecule has 0 saturated carbocycles. The van der Waals surface area contributed by atoms with Gasteiger partial charge >= 0.3 is 0 Å². The maximum absolute atomic E-state index is 12.9. The summed E-state index contributed by atoms with van der Waals surface area (Å²) in [7, 11) is 0. The zero-order valence-corrected chi connectivity index (χ0v) is 17.0. The van der Waals surface area contributed by atoms with Crippen LogP contribution in [0.1, 0.15) is 47.2 Å². The smallest absolute Gasteiger partial charge is 0.270 e. The Morgan fingerprint density at radius 3 is 2.87 bits per heavy atom. The number of nitrogens with one attached hydrogen (secondary N) is 1. The van der Waals surface area contributed by atoms with E-state index in [1.54, 1.807) is 16.7 Å². The van der Waals surface area contributed by atoms with E-state index >= 15 is 0 Å². The van der Waals surface area contributed by atoms with Gasteiger partial charge in [0.15, 0.2) is 0 Å². The van der Waals surface area contributed by atoms with Crippen LogP contribution >= 0.6 is 0 Å². The van der Waals surface area contributed by atoms with Crippen LogP contribution in [0.15, 0.2) is 48.8 Å². The summed E-state index contributed by atoms with van der Waals surface area (Å²) in [6.07, 6.45) is 7.73. The number of hydrogen-bond donors (Lipinski definition) is 1. The van der Waals surface area contributed by atoms with Gasteiger partial charge in [-0.3, -0.25) is 13.9 Å². The highest BCUT2D eigenvalue weighted by Gasteiger charge is 2.18. The molecular formula is C23H24N6O. The molecule has 0 radical (unpaired) electrons. The molecule has 0 saturated heterocycles. The maximum Gasteiger partial charge on any atom is 0.270 e. The molecule has 0 fully saturated rings. The van der Waals surface area contributed by atoms with Gasteiger partial charge in [0.1, 0.15) is 5.69 Å². The first-order valence-corrected chi connectivity index (χ1v) is 10.5. The van der Waals surface area contributed by atoms with Crippen LogP contribution in [0.25, 0.3) is 17.0 Å². The highest BCUT2D eigenvalue weighted by molar-refractivity contribution is 5.94. The van der Waals surface area contributed by atoms with Gasteiger partial charge in [-0.2, -0.15) is 5.10 Å². The first-order valence-electron chi connectivity index (χ1n) is 10.5. The first kappa shape index (κ1) is 18.5. The summed E-state index contributed by atoms with van der Waals surface area (Å²) in [6.45, 7) is 3.46. The number of aromatic nitrogens is 5. The molecular weight excluding hydrogens is 376 g/mol. The molecule has 0 aliphatic carbocycles. The molecule has 3 aromatic heterocycles. The lowest BCUT2D eigenvalue weighted by molar-refractivity contribution is 0.0944. The zero-order chi connectivity index (χ0) is 20.5. The van der Waals surface area contributed by atoms with E-state index in [4.69, 9.17) is 5.10 Å². The number of fused-ring (bicyclic) bond motifs is 2. The van der Waals surface area contributed by atoms with Gasteiger partial charge in [-0.15, -0.1) is 0 Å². The van der Waals surface area contributed by atoms with Crippen molar-refractivity contribution in [3.63, 3.8) is 0 Å². The fourth-order valence-corrected chi connectivity index (χ4v) is 4.04. The van der Waals surface area contributed by atoms with Crippen molar-refractivity contribution in [1.29, 1.82) is 0 Å². The SMILES string of the molecule is CCc1nc2ncccn2c1C(=O)NCc1ccc(-c2cc3n(n2)CCCC3)cc1. The van der Waals surface area contributed by atoms with E-state index in [0.29, 0.717) is 24.4 Å². The van der Waals surface area contributed by atoms with Crippen molar-refractivity contribution in [3.05, 3.63) is 71.4 Å². The third-order valence-electron chi connectivity index (χ3n) is 5.64. The molecule has 1 aliphatic rings. The summed E-state index contributed by atoms with van der Waals surface area (Å²) in [5, 5.41) is 7.76. The molecule has 152 valence electrons. The fourth-order valence-electron chi connectivity index (χ4n) is 4.04. The second kappa shape index (κ2) is 7.74. The Morgan fingerprint density at radius 1 is 1.20 bits per heavy atom. The van der Waals surface area contributed by atoms with Gasteiger partial charge in [-0.05, 0) is 43.4 Å². The number of rotatable bonds is 5. The predicted molar refractivity (Wildman–Crippen MR) is 114 cm³/mol. The molecule has 1 amide bonds. The highest BCUT2D eigenvalue weighted by Crippen LogP contribution is 2.23. The first-order chi connectivity index (χ1) is 14.7. The van der Waals surface area contributed by atoms with Gasteiger partial charge in [-0.1, -0.05) is 31.2 Å². The minimum Gasteiger partial charge on any atom is -0.347 e. The van der Waals surface area contributed by atoms with Crippen molar-refractivity contribution in [2.45, 2.75) is 45.7 Å². The van der Waals surface area contributed by atoms with Gasteiger partial charge in [0.2, 0.25) is 5.78 Å². The average molecular weight is 400 g/mol. The molecule has 4 aromatic rings. The molecule has 0 spiro atoms. The number of hydrogen-bond acceptors (Lipinski definition) is 4. The van der Waals surface area contributed by atoms with E-state index in [0.717, 1.165) is 35.5 Å². The molecule has 0 unspecified atom stereocenters. The highest BCUT2D eigenvalue weighted by atomic mass is 16.1. The van der Waals surface area contributed by atoms with Crippen LogP contribution in [-0.2, 0) is 25.9 Å². The number of carbonyl (C=O) groups is 1. The zero-order valence-electron chi connectivity index (χ0n) is 17.0. The molecule has 5 rings (SSSR count). The van der Waals surface area contributed by atoms with E-state index in [2.05, 4.69) is 38.2 Å². The molecule has 1 aliphatic heterocycles. The summed E-state index contributed by atoms with van der Waals surface area (Å²) in [5.74, 6) is 0.407. The van der Waals surface area contributed by atoms with Crippen molar-refractivity contribution >= 4 is 11.7 Å². The predicted octanol–water partition coefficient (Wildman–Crippen LogP) is 3.42. The van der Waals surface area contributed by atoms with Crippen LogP contribution in [0.5, 0.6) is 0 Å². The standard InChI is InChI=1S/C23H24N6O/c1-2-19-21(28-12-5-11-24-23(28)26-19)22(30)25-15-16-7-9-17(10-8-16)20-14-18-6-3-4-13-29(18)27-20/h5,7-12,14H,2-4,6,13,15H2,1H3,(H,25,30). The monoisotopic (exact) mass is 400 g/mol. The Morgan fingerprint density at radius 2 is 2.07 bits per heavy atom. The normalized spacial score (nSPS) is 13.4. The van der Waals surface area contributed by atoms with Gasteiger partial charge in [0, 0.05) is 36.7 Å². The molecule has 30 heavy (non-hydrogen) atoms. The van der Waals surface area contributed by atoms with E-state index in [-0.39, 0.29) is 5.91 Å². The van der Waals surface area contributed by atoms with Crippen LogP contribution in [0.3, 0.4) is 0 Å². The number of carbonyl (C=O) groups excluding carboxylic acids is 1. The Balaban J connectivity index is 1.30. The van der Waals surface area contributed by atoms with Gasteiger partial charge in [-0.25, -0.2) is 9.97 Å². The van der Waals surface area contributed by atoms with Crippen molar-refractivity contribution < 1.29 is 4.79 Å². The Labute approximate surface area is 174 Å². The van der Waals surface area contributed by atoms with Crippen molar-refractivity contribution in [2.24, 2.45) is 0 Å². The Hall–Kier alpha value is -3.48. The average Bonchev–Trinajstić information content (AvgIpc) is 3.39. The number of benzene rings is 1. The van der Waals surface area contributed by atoms with Crippen molar-refractivity contribution in [3.8, 4) is 11.3 Å². The number of nitrogens with zero attached hydrogens (tertiary/aromatic N) is 5. The lowest BCUT2D eigenvalue weighted by Gasteiger charge is -2.11. The summed E-state index contributed by atoms with van der Waals surface area (Å²) in [6, 6.07) is 12.2. The molecule has 1 aromatic carbocycles. The van der Waals surface area contributed by atoms with E-state index in [1.807, 2.05) is 25.3 Å². The summed E-state index contributed by atoms with van der Waals surface area (Å²) < 4.78 is 3.88. The molecule has 0 bridgehead atoms. The summed E-state index contributed by atoms with van der Waals surface area (Å²) >= 11 is 0. The van der Waals surface area contributed by atoms with E-state index < -0.39 is 0 Å². The Kier molecular flexibility index (Phi) is 4.78. The molecule has 7 heteroatoms. The second-order valence-corrected chi connectivity index (χ2v) is 7.63. The maximum atomic E-state index is 12.9. The van der Waals surface area contributed by atoms with Crippen molar-refractivity contribution in [1.82, 2.24) is 29.5 Å². The third-order valence-corrected chi connectivity index (χ3v) is 5.64. The molecule has 1 N–H and O–H groups in total. The summed E-state index contributed by atoms with van der Waals surface area (Å²) in [5.41, 5.74) is 5.80. The van der Waals surface area contributed by atoms with Crippen LogP contribution in [0, 0.1) is 0 Å².